The molecule has 1 aliphatic carbocycles. The summed E-state index contributed by atoms with van der Waals surface area (Å²) in [5.41, 5.74) is 1.19. The summed E-state index contributed by atoms with van der Waals surface area (Å²) in [5.74, 6) is -0.259. The van der Waals surface area contributed by atoms with Gasteiger partial charge in [-0.2, -0.15) is 18.2 Å². The van der Waals surface area contributed by atoms with E-state index in [4.69, 9.17) is 0 Å². The second kappa shape index (κ2) is 9.67. The van der Waals surface area contributed by atoms with Gasteiger partial charge in [0.15, 0.2) is 5.78 Å². The normalized spacial score (nSPS) is 11.4. The fraction of sp³-hybridized carbons (Fsp3) is 0.0526. The Morgan fingerprint density at radius 3 is 2.05 bits per heavy atom. The molecule has 0 amide bonds. The predicted molar refractivity (Wildman–Crippen MR) is 82.7 cm³/mol. The molecule has 3 heteroatoms. The van der Waals surface area contributed by atoms with Crippen molar-refractivity contribution in [2.24, 2.45) is 0 Å². The van der Waals surface area contributed by atoms with Crippen molar-refractivity contribution in [1.29, 1.82) is 0 Å². The average molecular weight is 332 g/mol. The maximum Gasteiger partial charge on any atom is 2.00 e. The number of Topliss-reactive ketones (excluding diaryl/α,β-unsaturated/α-hetero) is 1. The molecule has 2 aromatic rings. The van der Waals surface area contributed by atoms with E-state index in [1.807, 2.05) is 36.4 Å². The van der Waals surface area contributed by atoms with Crippen LogP contribution in [0.3, 0.4) is 0 Å². The van der Waals surface area contributed by atoms with Gasteiger partial charge >= 0.3 is 17.1 Å². The quantitative estimate of drug-likeness (QED) is 0.374. The number of hydrogen-bond donors (Lipinski definition) is 0. The van der Waals surface area contributed by atoms with Crippen LogP contribution in [0.5, 0.6) is 0 Å². The van der Waals surface area contributed by atoms with Gasteiger partial charge in [-0.1, -0.05) is 54.6 Å². The van der Waals surface area contributed by atoms with E-state index in [0.29, 0.717) is 11.1 Å². The molecule has 0 fully saturated rings. The summed E-state index contributed by atoms with van der Waals surface area (Å²) in [6.45, 7) is 0. The Morgan fingerprint density at radius 1 is 0.955 bits per heavy atom. The number of ketones is 1. The molecule has 2 aromatic carbocycles. The summed E-state index contributed by atoms with van der Waals surface area (Å²) in [6, 6.07) is 18.9. The van der Waals surface area contributed by atoms with Crippen molar-refractivity contribution < 1.29 is 27.0 Å². The molecule has 0 atom stereocenters. The van der Waals surface area contributed by atoms with Crippen LogP contribution in [-0.4, -0.2) is 5.78 Å². The van der Waals surface area contributed by atoms with Gasteiger partial charge in [0.05, 0.1) is 0 Å². The van der Waals surface area contributed by atoms with E-state index in [-0.39, 0.29) is 35.0 Å². The number of rotatable bonds is 3. The Bertz CT molecular complexity index is 619. The molecular formula is C19H16FeO2. The van der Waals surface area contributed by atoms with Crippen LogP contribution >= 0.6 is 0 Å². The minimum atomic E-state index is -0.133. The third-order valence-electron chi connectivity index (χ3n) is 2.96. The van der Waals surface area contributed by atoms with Crippen LogP contribution in [-0.2, 0) is 17.1 Å². The van der Waals surface area contributed by atoms with E-state index in [1.165, 1.54) is 0 Å². The van der Waals surface area contributed by atoms with Crippen molar-refractivity contribution in [3.63, 3.8) is 0 Å². The molecule has 22 heavy (non-hydrogen) atoms. The van der Waals surface area contributed by atoms with Crippen LogP contribution in [0, 0.1) is 0 Å². The molecule has 0 saturated heterocycles. The van der Waals surface area contributed by atoms with Crippen molar-refractivity contribution in [2.75, 3.05) is 0 Å². The van der Waals surface area contributed by atoms with Gasteiger partial charge in [0.25, 0.3) is 0 Å². The van der Waals surface area contributed by atoms with Crippen LogP contribution in [0.25, 0.3) is 0 Å². The summed E-state index contributed by atoms with van der Waals surface area (Å²) in [6.07, 6.45) is 6.97. The third-order valence-corrected chi connectivity index (χ3v) is 2.96. The fourth-order valence-corrected chi connectivity index (χ4v) is 1.85. The molecular weight excluding hydrogens is 316 g/mol. The van der Waals surface area contributed by atoms with Gasteiger partial charge in [-0.15, -0.1) is 5.76 Å². The molecule has 0 aliphatic heterocycles. The summed E-state index contributed by atoms with van der Waals surface area (Å²) in [5, 5.41) is 11.7. The Kier molecular flexibility index (Phi) is 7.84. The molecule has 0 saturated carbocycles. The molecule has 2 nitrogen and oxygen atoms in total. The zero-order valence-electron chi connectivity index (χ0n) is 12.0. The Morgan fingerprint density at radius 2 is 1.55 bits per heavy atom. The van der Waals surface area contributed by atoms with E-state index >= 15 is 0 Å². The Balaban J connectivity index is 0.000000344. The van der Waals surface area contributed by atoms with Gasteiger partial charge in [0.2, 0.25) is 0 Å². The number of hydrogen-bond acceptors (Lipinski definition) is 2. The number of allylic oxidation sites excluding steroid dienone is 6. The maximum absolute atomic E-state index is 11.7. The van der Waals surface area contributed by atoms with Crippen LogP contribution < -0.4 is 5.11 Å². The van der Waals surface area contributed by atoms with Crippen molar-refractivity contribution in [1.82, 2.24) is 0 Å². The van der Waals surface area contributed by atoms with Crippen LogP contribution in [0.4, 0.5) is 0 Å². The van der Waals surface area contributed by atoms with Crippen molar-refractivity contribution in [3.8, 4) is 0 Å². The zero-order chi connectivity index (χ0) is 14.9. The molecule has 0 spiro atoms. The summed E-state index contributed by atoms with van der Waals surface area (Å²) in [7, 11) is 0. The Hall–Kier alpha value is -2.22. The molecule has 0 aromatic heterocycles. The standard InChI is InChI=1S/C14H12O2.C5H5.Fe/c15-13(11-6-2-1-3-7-11)10-14(16)12-8-4-5-9-12;1-2-4-5-3-1;/h1-9,16H,10H2;1-5H;/q;-1;+2/p-1. The molecule has 0 bridgehead atoms. The smallest absolute Gasteiger partial charge is 0.875 e. The summed E-state index contributed by atoms with van der Waals surface area (Å²) in [4.78, 5) is 11.7. The minimum Gasteiger partial charge on any atom is -0.875 e. The number of carbonyl (C=O) groups is 1. The van der Waals surface area contributed by atoms with Gasteiger partial charge in [-0.3, -0.25) is 4.79 Å². The SMILES string of the molecule is O=C(CC([O-])=C1C=CC=C1)c1ccccc1.[Fe+2].c1cc[cH-]c1. The molecule has 1 aliphatic rings. The van der Waals surface area contributed by atoms with E-state index in [9.17, 15) is 9.90 Å². The minimum absolute atomic E-state index is 0. The van der Waals surface area contributed by atoms with Gasteiger partial charge in [0, 0.05) is 12.0 Å². The molecule has 112 valence electrons. The number of carbonyl (C=O) groups excluding carboxylic acids is 1. The molecule has 0 radical (unpaired) electrons. The summed E-state index contributed by atoms with van der Waals surface area (Å²) >= 11 is 0. The van der Waals surface area contributed by atoms with Crippen molar-refractivity contribution in [2.45, 2.75) is 6.42 Å². The summed E-state index contributed by atoms with van der Waals surface area (Å²) < 4.78 is 0. The van der Waals surface area contributed by atoms with E-state index in [1.54, 1.807) is 48.6 Å². The first-order valence-electron chi connectivity index (χ1n) is 6.77. The maximum atomic E-state index is 11.7. The van der Waals surface area contributed by atoms with Crippen molar-refractivity contribution in [3.05, 3.63) is 102 Å². The molecule has 3 rings (SSSR count). The molecule has 0 N–H and O–H groups in total. The van der Waals surface area contributed by atoms with E-state index in [0.717, 1.165) is 0 Å². The van der Waals surface area contributed by atoms with Crippen LogP contribution in [0.2, 0.25) is 0 Å². The van der Waals surface area contributed by atoms with Gasteiger partial charge in [0.1, 0.15) is 0 Å². The number of benzene rings is 1. The first-order chi connectivity index (χ1) is 10.3. The monoisotopic (exact) mass is 332 g/mol. The fourth-order valence-electron chi connectivity index (χ4n) is 1.85. The van der Waals surface area contributed by atoms with Crippen LogP contribution in [0.1, 0.15) is 16.8 Å². The van der Waals surface area contributed by atoms with Gasteiger partial charge in [-0.05, 0) is 5.57 Å². The van der Waals surface area contributed by atoms with E-state index < -0.39 is 0 Å². The molecule has 0 unspecified atom stereocenters. The second-order valence-electron chi connectivity index (χ2n) is 4.52. The van der Waals surface area contributed by atoms with Crippen LogP contribution in [0.15, 0.2) is 96.3 Å². The second-order valence-corrected chi connectivity index (χ2v) is 4.52. The van der Waals surface area contributed by atoms with Gasteiger partial charge in [-0.25, -0.2) is 12.1 Å². The predicted octanol–water partition coefficient (Wildman–Crippen LogP) is 3.40. The van der Waals surface area contributed by atoms with Crippen molar-refractivity contribution >= 4 is 5.78 Å². The average Bonchev–Trinajstić information content (AvgIpc) is 3.23. The first kappa shape index (κ1) is 17.8. The third kappa shape index (κ3) is 5.64. The first-order valence-corrected chi connectivity index (χ1v) is 6.77. The zero-order valence-corrected chi connectivity index (χ0v) is 13.1. The molecule has 0 heterocycles. The largest absolute Gasteiger partial charge is 2.00 e. The van der Waals surface area contributed by atoms with Gasteiger partial charge < -0.3 is 5.11 Å². The topological polar surface area (TPSA) is 40.1 Å². The Labute approximate surface area is 141 Å². The van der Waals surface area contributed by atoms with E-state index in [2.05, 4.69) is 0 Å².